The Kier molecular flexibility index (Phi) is 19.0. The van der Waals surface area contributed by atoms with Crippen LogP contribution >= 0.6 is 0 Å². The SMILES string of the molecule is COc1ccc(COc2ccc(OC(CCCCCCC(Oc3ccc(OCc4ccc(F)cc4)cc3)N3CCCCC3)CCCCCCN3CCCCC3)cc2)cc1. The molecule has 2 aliphatic heterocycles. The molecule has 7 nitrogen and oxygen atoms in total. The van der Waals surface area contributed by atoms with E-state index in [4.69, 9.17) is 23.7 Å². The molecular formula is C51H69FN2O5. The fraction of sp³-hybridized carbons (Fsp3) is 0.529. The largest absolute Gasteiger partial charge is 0.497 e. The van der Waals surface area contributed by atoms with Crippen LogP contribution in [0, 0.1) is 5.82 Å². The highest BCUT2D eigenvalue weighted by molar-refractivity contribution is 5.33. The third-order valence-corrected chi connectivity index (χ3v) is 11.8. The average Bonchev–Trinajstić information content (AvgIpc) is 3.29. The first kappa shape index (κ1) is 44.3. The van der Waals surface area contributed by atoms with Crippen LogP contribution in [-0.4, -0.2) is 62.0 Å². The summed E-state index contributed by atoms with van der Waals surface area (Å²) in [6.45, 7) is 6.94. The monoisotopic (exact) mass is 809 g/mol. The molecule has 0 aliphatic carbocycles. The predicted octanol–water partition coefficient (Wildman–Crippen LogP) is 12.4. The Morgan fingerprint density at radius 1 is 0.475 bits per heavy atom. The summed E-state index contributed by atoms with van der Waals surface area (Å²) >= 11 is 0. The number of nitrogens with zero attached hydrogens (tertiary/aromatic N) is 2. The summed E-state index contributed by atoms with van der Waals surface area (Å²) < 4.78 is 43.9. The second kappa shape index (κ2) is 25.4. The summed E-state index contributed by atoms with van der Waals surface area (Å²) in [5.41, 5.74) is 2.04. The van der Waals surface area contributed by atoms with Gasteiger partial charge >= 0.3 is 0 Å². The van der Waals surface area contributed by atoms with Crippen molar-refractivity contribution in [1.82, 2.24) is 9.80 Å². The summed E-state index contributed by atoms with van der Waals surface area (Å²) in [5.74, 6) is 4.02. The predicted molar refractivity (Wildman–Crippen MR) is 236 cm³/mol. The molecule has 0 N–H and O–H groups in total. The normalized spacial score (nSPS) is 16.0. The Morgan fingerprint density at radius 3 is 1.49 bits per heavy atom. The van der Waals surface area contributed by atoms with Crippen molar-refractivity contribution >= 4 is 0 Å². The van der Waals surface area contributed by atoms with Crippen molar-refractivity contribution in [2.24, 2.45) is 0 Å². The number of likely N-dealkylation sites (tertiary alicyclic amines) is 2. The minimum Gasteiger partial charge on any atom is -0.497 e. The van der Waals surface area contributed by atoms with Crippen LogP contribution in [0.15, 0.2) is 97.1 Å². The van der Waals surface area contributed by atoms with Crippen LogP contribution in [0.3, 0.4) is 0 Å². The molecule has 0 spiro atoms. The van der Waals surface area contributed by atoms with Gasteiger partial charge in [0.1, 0.15) is 47.8 Å². The molecular weight excluding hydrogens is 740 g/mol. The number of hydrogen-bond donors (Lipinski definition) is 0. The van der Waals surface area contributed by atoms with Crippen molar-refractivity contribution in [2.45, 2.75) is 135 Å². The van der Waals surface area contributed by atoms with E-state index in [0.29, 0.717) is 13.2 Å². The molecule has 0 amide bonds. The molecule has 6 rings (SSSR count). The number of benzene rings is 4. The van der Waals surface area contributed by atoms with E-state index in [9.17, 15) is 4.39 Å². The first-order chi connectivity index (χ1) is 29.1. The lowest BCUT2D eigenvalue weighted by Gasteiger charge is -2.34. The van der Waals surface area contributed by atoms with Gasteiger partial charge in [-0.3, -0.25) is 4.90 Å². The minimum atomic E-state index is -0.237. The molecule has 2 atom stereocenters. The second-order valence-electron chi connectivity index (χ2n) is 16.5. The molecule has 0 aromatic heterocycles. The van der Waals surface area contributed by atoms with E-state index in [1.54, 1.807) is 19.2 Å². The number of methoxy groups -OCH3 is 1. The fourth-order valence-electron chi connectivity index (χ4n) is 8.29. The van der Waals surface area contributed by atoms with Crippen LogP contribution in [0.1, 0.15) is 120 Å². The number of piperidine rings is 2. The topological polar surface area (TPSA) is 52.6 Å². The van der Waals surface area contributed by atoms with Gasteiger partial charge in [-0.05, 0) is 174 Å². The average molecular weight is 809 g/mol. The van der Waals surface area contributed by atoms with Crippen LogP contribution in [0.5, 0.6) is 28.7 Å². The molecule has 8 heteroatoms. The lowest BCUT2D eigenvalue weighted by atomic mass is 10.0. The summed E-state index contributed by atoms with van der Waals surface area (Å²) in [7, 11) is 1.68. The Hall–Kier alpha value is -4.27. The molecule has 0 radical (unpaired) electrons. The van der Waals surface area contributed by atoms with Crippen LogP contribution in [0.25, 0.3) is 0 Å². The van der Waals surface area contributed by atoms with E-state index in [0.717, 1.165) is 85.1 Å². The van der Waals surface area contributed by atoms with Crippen molar-refractivity contribution < 1.29 is 28.1 Å². The smallest absolute Gasteiger partial charge is 0.152 e. The van der Waals surface area contributed by atoms with Gasteiger partial charge in [0.2, 0.25) is 0 Å². The number of unbranched alkanes of at least 4 members (excludes halogenated alkanes) is 6. The quantitative estimate of drug-likeness (QED) is 0.0586. The van der Waals surface area contributed by atoms with E-state index in [2.05, 4.69) is 21.9 Å². The van der Waals surface area contributed by atoms with Gasteiger partial charge in [-0.25, -0.2) is 4.39 Å². The van der Waals surface area contributed by atoms with Crippen LogP contribution in [0.4, 0.5) is 4.39 Å². The Bertz CT molecular complexity index is 1690. The number of ether oxygens (including phenoxy) is 5. The van der Waals surface area contributed by atoms with Crippen molar-refractivity contribution in [2.75, 3.05) is 39.8 Å². The van der Waals surface area contributed by atoms with Crippen LogP contribution < -0.4 is 23.7 Å². The molecule has 320 valence electrons. The number of hydrogen-bond acceptors (Lipinski definition) is 7. The zero-order chi connectivity index (χ0) is 40.7. The molecule has 2 aliphatic rings. The van der Waals surface area contributed by atoms with Crippen molar-refractivity contribution in [3.05, 3.63) is 114 Å². The molecule has 59 heavy (non-hydrogen) atoms. The molecule has 4 aromatic rings. The van der Waals surface area contributed by atoms with E-state index in [1.165, 1.54) is 109 Å². The first-order valence-corrected chi connectivity index (χ1v) is 22.7. The van der Waals surface area contributed by atoms with Crippen molar-refractivity contribution in [3.63, 3.8) is 0 Å². The van der Waals surface area contributed by atoms with E-state index >= 15 is 0 Å². The molecule has 2 heterocycles. The number of rotatable bonds is 26. The third kappa shape index (κ3) is 16.4. The van der Waals surface area contributed by atoms with Gasteiger partial charge in [0.15, 0.2) is 6.23 Å². The van der Waals surface area contributed by atoms with Gasteiger partial charge in [0, 0.05) is 13.1 Å². The molecule has 2 unspecified atom stereocenters. The Labute approximate surface area is 354 Å². The lowest BCUT2D eigenvalue weighted by molar-refractivity contribution is 0.00465. The molecule has 4 aromatic carbocycles. The van der Waals surface area contributed by atoms with Gasteiger partial charge in [-0.2, -0.15) is 0 Å². The van der Waals surface area contributed by atoms with Gasteiger partial charge in [0.25, 0.3) is 0 Å². The highest BCUT2D eigenvalue weighted by Crippen LogP contribution is 2.27. The van der Waals surface area contributed by atoms with Gasteiger partial charge < -0.3 is 28.6 Å². The maximum absolute atomic E-state index is 13.3. The molecule has 2 fully saturated rings. The maximum Gasteiger partial charge on any atom is 0.152 e. The van der Waals surface area contributed by atoms with Crippen LogP contribution in [0.2, 0.25) is 0 Å². The van der Waals surface area contributed by atoms with E-state index in [1.807, 2.05) is 60.7 Å². The minimum absolute atomic E-state index is 0.0791. The zero-order valence-electron chi connectivity index (χ0n) is 35.7. The highest BCUT2D eigenvalue weighted by atomic mass is 19.1. The lowest BCUT2D eigenvalue weighted by Crippen LogP contribution is -2.42. The van der Waals surface area contributed by atoms with Crippen LogP contribution in [-0.2, 0) is 13.2 Å². The van der Waals surface area contributed by atoms with Gasteiger partial charge in [-0.1, -0.05) is 62.8 Å². The molecule has 2 saturated heterocycles. The zero-order valence-corrected chi connectivity index (χ0v) is 35.7. The van der Waals surface area contributed by atoms with Crippen molar-refractivity contribution in [3.8, 4) is 28.7 Å². The maximum atomic E-state index is 13.3. The Morgan fingerprint density at radius 2 is 0.932 bits per heavy atom. The second-order valence-corrected chi connectivity index (χ2v) is 16.5. The Balaban J connectivity index is 0.940. The molecule has 0 saturated carbocycles. The van der Waals surface area contributed by atoms with Crippen molar-refractivity contribution in [1.29, 1.82) is 0 Å². The van der Waals surface area contributed by atoms with Gasteiger partial charge in [-0.15, -0.1) is 0 Å². The fourth-order valence-corrected chi connectivity index (χ4v) is 8.29. The highest BCUT2D eigenvalue weighted by Gasteiger charge is 2.22. The van der Waals surface area contributed by atoms with Gasteiger partial charge in [0.05, 0.1) is 13.2 Å². The molecule has 0 bridgehead atoms. The summed E-state index contributed by atoms with van der Waals surface area (Å²) in [6, 6.07) is 30.5. The van der Waals surface area contributed by atoms with E-state index < -0.39 is 0 Å². The summed E-state index contributed by atoms with van der Waals surface area (Å²) in [4.78, 5) is 5.20. The standard InChI is InChI=1S/C51H69FN2O5/c1-55-45-25-21-43(22-26-45)41-57-46-27-31-49(32-28-46)58-48(17-9-4-5-11-35-53-36-12-6-13-37-53)16-8-2-3-10-18-51(54-38-14-7-15-39-54)59-50-33-29-47(30-34-50)56-40-42-19-23-44(52)24-20-42/h19-34,48,51H,2-18,35-41H2,1H3. The van der Waals surface area contributed by atoms with E-state index in [-0.39, 0.29) is 18.1 Å². The first-order valence-electron chi connectivity index (χ1n) is 22.7. The third-order valence-electron chi connectivity index (χ3n) is 11.8. The summed E-state index contributed by atoms with van der Waals surface area (Å²) in [6.07, 6.45) is 21.2. The summed E-state index contributed by atoms with van der Waals surface area (Å²) in [5, 5.41) is 0. The number of halogens is 1.